The number of benzene rings is 1. The lowest BCUT2D eigenvalue weighted by atomic mass is 10.0. The third-order valence-electron chi connectivity index (χ3n) is 2.95. The summed E-state index contributed by atoms with van der Waals surface area (Å²) in [5.74, 6) is 0.559. The van der Waals surface area contributed by atoms with Crippen molar-refractivity contribution in [2.24, 2.45) is 5.73 Å². The molecule has 0 aliphatic heterocycles. The molecule has 0 aliphatic carbocycles. The molecule has 1 rings (SSSR count). The van der Waals surface area contributed by atoms with Crippen molar-refractivity contribution in [1.29, 1.82) is 0 Å². The summed E-state index contributed by atoms with van der Waals surface area (Å²) < 4.78 is 5.12. The molecule has 0 saturated heterocycles. The fourth-order valence-corrected chi connectivity index (χ4v) is 1.78. The fraction of sp³-hybridized carbons (Fsp3) is 0.462. The van der Waals surface area contributed by atoms with Crippen LogP contribution in [0.15, 0.2) is 24.3 Å². The Morgan fingerprint density at radius 3 is 2.41 bits per heavy atom. The van der Waals surface area contributed by atoms with Gasteiger partial charge in [-0.2, -0.15) is 0 Å². The molecule has 0 fully saturated rings. The van der Waals surface area contributed by atoms with Gasteiger partial charge in [-0.1, -0.05) is 6.92 Å². The molecule has 1 amide bonds. The molecule has 0 saturated carbocycles. The van der Waals surface area contributed by atoms with Gasteiger partial charge >= 0.3 is 0 Å². The standard InChI is InChI=1S/C13H20N2O2/c1-4-12(15-9(2)13(14)16)10-5-7-11(17-3)8-6-10/h5-9,12,15H,4H2,1-3H3,(H2,14,16)/p+1/t9-,12-/m1/s1. The normalized spacial score (nSPS) is 14.1. The van der Waals surface area contributed by atoms with Crippen LogP contribution >= 0.6 is 0 Å². The Hall–Kier alpha value is -1.55. The van der Waals surface area contributed by atoms with Gasteiger partial charge in [0.1, 0.15) is 11.8 Å². The van der Waals surface area contributed by atoms with E-state index >= 15 is 0 Å². The van der Waals surface area contributed by atoms with Gasteiger partial charge in [-0.05, 0) is 31.2 Å². The molecule has 94 valence electrons. The first-order chi connectivity index (χ1) is 8.08. The molecule has 2 atom stereocenters. The van der Waals surface area contributed by atoms with Crippen molar-refractivity contribution in [2.75, 3.05) is 7.11 Å². The maximum absolute atomic E-state index is 11.1. The molecule has 4 N–H and O–H groups in total. The van der Waals surface area contributed by atoms with Crippen LogP contribution in [0.5, 0.6) is 5.75 Å². The van der Waals surface area contributed by atoms with Crippen molar-refractivity contribution >= 4 is 5.91 Å². The van der Waals surface area contributed by atoms with E-state index in [-0.39, 0.29) is 18.0 Å². The number of ether oxygens (including phenoxy) is 1. The lowest BCUT2D eigenvalue weighted by molar-refractivity contribution is -0.713. The highest BCUT2D eigenvalue weighted by molar-refractivity contribution is 5.77. The molecule has 0 aliphatic rings. The summed E-state index contributed by atoms with van der Waals surface area (Å²) in [6.07, 6.45) is 0.948. The summed E-state index contributed by atoms with van der Waals surface area (Å²) in [5, 5.41) is 2.00. The van der Waals surface area contributed by atoms with Gasteiger partial charge in [0, 0.05) is 12.0 Å². The van der Waals surface area contributed by atoms with Crippen molar-refractivity contribution in [1.82, 2.24) is 0 Å². The van der Waals surface area contributed by atoms with Crippen LogP contribution in [0.4, 0.5) is 0 Å². The van der Waals surface area contributed by atoms with Crippen LogP contribution in [-0.4, -0.2) is 19.1 Å². The smallest absolute Gasteiger partial charge is 0.275 e. The van der Waals surface area contributed by atoms with Gasteiger partial charge < -0.3 is 15.8 Å². The lowest BCUT2D eigenvalue weighted by Crippen LogP contribution is -2.92. The average molecular weight is 237 g/mol. The minimum absolute atomic E-state index is 0.206. The molecule has 1 aromatic carbocycles. The molecular formula is C13H21N2O2+. The van der Waals surface area contributed by atoms with E-state index in [1.165, 1.54) is 5.56 Å². The van der Waals surface area contributed by atoms with Gasteiger partial charge in [-0.3, -0.25) is 4.79 Å². The van der Waals surface area contributed by atoms with Crippen molar-refractivity contribution in [3.05, 3.63) is 29.8 Å². The molecule has 4 heteroatoms. The summed E-state index contributed by atoms with van der Waals surface area (Å²) in [6.45, 7) is 3.92. The molecule has 0 spiro atoms. The second-order valence-electron chi connectivity index (χ2n) is 4.17. The molecular weight excluding hydrogens is 216 g/mol. The SMILES string of the molecule is CC[C@@H]([NH2+][C@H](C)C(N)=O)c1ccc(OC)cc1. The minimum atomic E-state index is -0.281. The zero-order valence-electron chi connectivity index (χ0n) is 10.6. The monoisotopic (exact) mass is 237 g/mol. The molecule has 0 aromatic heterocycles. The maximum Gasteiger partial charge on any atom is 0.275 e. The first-order valence-corrected chi connectivity index (χ1v) is 5.86. The number of carbonyl (C=O) groups is 1. The maximum atomic E-state index is 11.1. The Morgan fingerprint density at radius 1 is 1.41 bits per heavy atom. The Kier molecular flexibility index (Phi) is 4.97. The highest BCUT2D eigenvalue weighted by Crippen LogP contribution is 2.17. The number of hydrogen-bond donors (Lipinski definition) is 2. The Bertz CT molecular complexity index is 362. The van der Waals surface area contributed by atoms with Crippen LogP contribution in [0, 0.1) is 0 Å². The first-order valence-electron chi connectivity index (χ1n) is 5.86. The van der Waals surface area contributed by atoms with Crippen LogP contribution in [0.3, 0.4) is 0 Å². The van der Waals surface area contributed by atoms with Crippen LogP contribution in [0.1, 0.15) is 31.9 Å². The zero-order chi connectivity index (χ0) is 12.8. The van der Waals surface area contributed by atoms with Crippen molar-refractivity contribution in [2.45, 2.75) is 32.4 Å². The number of rotatable bonds is 6. The third-order valence-corrected chi connectivity index (χ3v) is 2.95. The molecule has 17 heavy (non-hydrogen) atoms. The van der Waals surface area contributed by atoms with E-state index in [1.807, 2.05) is 36.5 Å². The van der Waals surface area contributed by atoms with Crippen molar-refractivity contribution in [3.8, 4) is 5.75 Å². The third kappa shape index (κ3) is 3.75. The number of nitrogens with two attached hydrogens (primary N) is 2. The van der Waals surface area contributed by atoms with Crippen LogP contribution in [0.25, 0.3) is 0 Å². The number of quaternary nitrogens is 1. The number of amides is 1. The minimum Gasteiger partial charge on any atom is -0.497 e. The highest BCUT2D eigenvalue weighted by Gasteiger charge is 2.19. The summed E-state index contributed by atoms with van der Waals surface area (Å²) in [4.78, 5) is 11.1. The second kappa shape index (κ2) is 6.25. The highest BCUT2D eigenvalue weighted by atomic mass is 16.5. The van der Waals surface area contributed by atoms with E-state index in [0.29, 0.717) is 0 Å². The summed E-state index contributed by atoms with van der Waals surface area (Å²) in [7, 11) is 1.65. The average Bonchev–Trinajstić information content (AvgIpc) is 2.35. The van der Waals surface area contributed by atoms with E-state index < -0.39 is 0 Å². The number of hydrogen-bond acceptors (Lipinski definition) is 2. The van der Waals surface area contributed by atoms with E-state index in [4.69, 9.17) is 10.5 Å². The lowest BCUT2D eigenvalue weighted by Gasteiger charge is -2.17. The Morgan fingerprint density at radius 2 is 2.00 bits per heavy atom. The molecule has 0 radical (unpaired) electrons. The van der Waals surface area contributed by atoms with Crippen molar-refractivity contribution in [3.63, 3.8) is 0 Å². The fourth-order valence-electron chi connectivity index (χ4n) is 1.78. The predicted molar refractivity (Wildman–Crippen MR) is 66.6 cm³/mol. The van der Waals surface area contributed by atoms with Crippen LogP contribution < -0.4 is 15.8 Å². The van der Waals surface area contributed by atoms with E-state index in [9.17, 15) is 4.79 Å². The van der Waals surface area contributed by atoms with Gasteiger partial charge in [0.25, 0.3) is 5.91 Å². The molecule has 1 aromatic rings. The summed E-state index contributed by atoms with van der Waals surface area (Å²) >= 11 is 0. The second-order valence-corrected chi connectivity index (χ2v) is 4.17. The number of carbonyl (C=O) groups excluding carboxylic acids is 1. The summed E-state index contributed by atoms with van der Waals surface area (Å²) in [5.41, 5.74) is 6.45. The number of methoxy groups -OCH3 is 1. The summed E-state index contributed by atoms with van der Waals surface area (Å²) in [6, 6.07) is 7.96. The van der Waals surface area contributed by atoms with Crippen LogP contribution in [0.2, 0.25) is 0 Å². The van der Waals surface area contributed by atoms with Gasteiger partial charge in [-0.15, -0.1) is 0 Å². The Labute approximate surface area is 102 Å². The molecule has 0 heterocycles. The van der Waals surface area contributed by atoms with Gasteiger partial charge in [-0.25, -0.2) is 0 Å². The van der Waals surface area contributed by atoms with Gasteiger partial charge in [0.2, 0.25) is 0 Å². The van der Waals surface area contributed by atoms with Gasteiger partial charge in [0.05, 0.1) is 7.11 Å². The first kappa shape index (κ1) is 13.5. The number of primary amides is 1. The van der Waals surface area contributed by atoms with Gasteiger partial charge in [0.15, 0.2) is 6.04 Å². The van der Waals surface area contributed by atoms with E-state index in [1.54, 1.807) is 7.11 Å². The molecule has 0 unspecified atom stereocenters. The molecule has 4 nitrogen and oxygen atoms in total. The largest absolute Gasteiger partial charge is 0.497 e. The van der Waals surface area contributed by atoms with E-state index in [0.717, 1.165) is 12.2 Å². The quantitative estimate of drug-likeness (QED) is 0.760. The predicted octanol–water partition coefficient (Wildman–Crippen LogP) is 0.584. The Balaban J connectivity index is 2.75. The molecule has 0 bridgehead atoms. The van der Waals surface area contributed by atoms with Crippen molar-refractivity contribution < 1.29 is 14.8 Å². The van der Waals surface area contributed by atoms with E-state index in [2.05, 4.69) is 6.92 Å². The van der Waals surface area contributed by atoms with Crippen LogP contribution in [-0.2, 0) is 4.79 Å². The topological polar surface area (TPSA) is 68.9 Å². The zero-order valence-corrected chi connectivity index (χ0v) is 10.6.